The topological polar surface area (TPSA) is 77.1 Å². The minimum Gasteiger partial charge on any atom is -0.320 e. The standard InChI is InChI=1S/C15H11ClN6OS/c1-21-13(10(16)7-18-21)14(23)19-9-2-4-22-8-11(20-12(22)6-9)15-17-3-5-24-15/h2-8H,1H3,(H,19,23). The molecule has 0 aliphatic carbocycles. The van der Waals surface area contributed by atoms with E-state index in [4.69, 9.17) is 11.6 Å². The number of halogens is 1. The van der Waals surface area contributed by atoms with Crippen LogP contribution in [0.2, 0.25) is 5.02 Å². The van der Waals surface area contributed by atoms with E-state index in [0.717, 1.165) is 10.7 Å². The second-order valence-corrected chi connectivity index (χ2v) is 6.36. The highest BCUT2D eigenvalue weighted by Gasteiger charge is 2.16. The summed E-state index contributed by atoms with van der Waals surface area (Å²) in [6.07, 6.45) is 6.92. The van der Waals surface area contributed by atoms with Crippen molar-refractivity contribution in [1.29, 1.82) is 0 Å². The molecule has 0 atom stereocenters. The fourth-order valence-electron chi connectivity index (χ4n) is 2.37. The maximum Gasteiger partial charge on any atom is 0.275 e. The maximum atomic E-state index is 12.4. The molecular weight excluding hydrogens is 348 g/mol. The van der Waals surface area contributed by atoms with Gasteiger partial charge in [-0.25, -0.2) is 9.97 Å². The van der Waals surface area contributed by atoms with Gasteiger partial charge in [0, 0.05) is 42.8 Å². The molecule has 0 aliphatic heterocycles. The van der Waals surface area contributed by atoms with Gasteiger partial charge in [-0.3, -0.25) is 9.48 Å². The predicted octanol–water partition coefficient (Wildman–Crippen LogP) is 3.10. The Morgan fingerprint density at radius 2 is 2.29 bits per heavy atom. The summed E-state index contributed by atoms with van der Waals surface area (Å²) in [6.45, 7) is 0. The van der Waals surface area contributed by atoms with E-state index in [1.807, 2.05) is 22.2 Å². The number of carbonyl (C=O) groups is 1. The number of carbonyl (C=O) groups excluding carboxylic acids is 1. The van der Waals surface area contributed by atoms with Crippen LogP contribution in [-0.4, -0.2) is 30.1 Å². The average molecular weight is 359 g/mol. The Hall–Kier alpha value is -2.71. The van der Waals surface area contributed by atoms with E-state index in [1.54, 1.807) is 25.4 Å². The van der Waals surface area contributed by atoms with Crippen molar-refractivity contribution in [3.05, 3.63) is 53.0 Å². The van der Waals surface area contributed by atoms with Gasteiger partial charge in [0.1, 0.15) is 22.0 Å². The summed E-state index contributed by atoms with van der Waals surface area (Å²) in [6, 6.07) is 3.59. The number of hydrogen-bond donors (Lipinski definition) is 1. The monoisotopic (exact) mass is 358 g/mol. The number of aromatic nitrogens is 5. The molecule has 4 heterocycles. The van der Waals surface area contributed by atoms with Crippen molar-refractivity contribution in [3.63, 3.8) is 0 Å². The van der Waals surface area contributed by atoms with Crippen LogP contribution in [0, 0.1) is 0 Å². The first-order valence-electron chi connectivity index (χ1n) is 6.99. The number of hydrogen-bond acceptors (Lipinski definition) is 5. The van der Waals surface area contributed by atoms with Gasteiger partial charge in [-0.15, -0.1) is 11.3 Å². The number of aryl methyl sites for hydroxylation is 1. The van der Waals surface area contributed by atoms with Crippen LogP contribution in [0.5, 0.6) is 0 Å². The smallest absolute Gasteiger partial charge is 0.275 e. The summed E-state index contributed by atoms with van der Waals surface area (Å²) < 4.78 is 3.32. The molecule has 0 aliphatic rings. The van der Waals surface area contributed by atoms with Gasteiger partial charge in [0.2, 0.25) is 0 Å². The first-order chi connectivity index (χ1) is 11.6. The van der Waals surface area contributed by atoms with Crippen LogP contribution < -0.4 is 5.32 Å². The van der Waals surface area contributed by atoms with Crippen molar-refractivity contribution in [2.75, 3.05) is 5.32 Å². The van der Waals surface area contributed by atoms with E-state index in [2.05, 4.69) is 20.4 Å². The summed E-state index contributed by atoms with van der Waals surface area (Å²) in [5.41, 5.74) is 2.45. The van der Waals surface area contributed by atoms with Gasteiger partial charge in [0.25, 0.3) is 5.91 Å². The number of anilines is 1. The molecule has 1 amide bonds. The first-order valence-corrected chi connectivity index (χ1v) is 8.25. The van der Waals surface area contributed by atoms with E-state index in [9.17, 15) is 4.79 Å². The van der Waals surface area contributed by atoms with Crippen molar-refractivity contribution >= 4 is 40.2 Å². The molecule has 0 saturated carbocycles. The lowest BCUT2D eigenvalue weighted by atomic mass is 10.3. The molecule has 4 aromatic heterocycles. The van der Waals surface area contributed by atoms with E-state index >= 15 is 0 Å². The Morgan fingerprint density at radius 3 is 3.00 bits per heavy atom. The SMILES string of the molecule is Cn1ncc(Cl)c1C(=O)Nc1ccn2cc(-c3nccs3)nc2c1. The molecule has 0 radical (unpaired) electrons. The third-order valence-electron chi connectivity index (χ3n) is 3.48. The molecule has 9 heteroatoms. The van der Waals surface area contributed by atoms with Crippen LogP contribution in [0.15, 0.2) is 42.3 Å². The number of amides is 1. The summed E-state index contributed by atoms with van der Waals surface area (Å²) in [4.78, 5) is 21.1. The van der Waals surface area contributed by atoms with Gasteiger partial charge in [0.15, 0.2) is 0 Å². The van der Waals surface area contributed by atoms with Crippen molar-refractivity contribution in [3.8, 4) is 10.7 Å². The summed E-state index contributed by atoms with van der Waals surface area (Å²) in [5.74, 6) is -0.323. The number of nitrogens with one attached hydrogen (secondary N) is 1. The van der Waals surface area contributed by atoms with E-state index in [1.165, 1.54) is 22.2 Å². The molecule has 0 unspecified atom stereocenters. The molecule has 0 fully saturated rings. The minimum absolute atomic E-state index is 0.308. The van der Waals surface area contributed by atoms with E-state index < -0.39 is 0 Å². The molecule has 24 heavy (non-hydrogen) atoms. The molecule has 0 bridgehead atoms. The third-order valence-corrected chi connectivity index (χ3v) is 4.55. The lowest BCUT2D eigenvalue weighted by Crippen LogP contribution is -2.16. The van der Waals surface area contributed by atoms with Crippen LogP contribution in [0.25, 0.3) is 16.3 Å². The van der Waals surface area contributed by atoms with Crippen molar-refractivity contribution in [1.82, 2.24) is 24.1 Å². The van der Waals surface area contributed by atoms with Gasteiger partial charge >= 0.3 is 0 Å². The lowest BCUT2D eigenvalue weighted by molar-refractivity contribution is 0.101. The Bertz CT molecular complexity index is 1020. The van der Waals surface area contributed by atoms with E-state index in [0.29, 0.717) is 22.1 Å². The van der Waals surface area contributed by atoms with E-state index in [-0.39, 0.29) is 5.91 Å². The number of pyridine rings is 1. The number of nitrogens with zero attached hydrogens (tertiary/aromatic N) is 5. The first kappa shape index (κ1) is 14.9. The van der Waals surface area contributed by atoms with Gasteiger partial charge in [-0.05, 0) is 6.07 Å². The second-order valence-electron chi connectivity index (χ2n) is 5.06. The molecule has 0 aromatic carbocycles. The quantitative estimate of drug-likeness (QED) is 0.610. The van der Waals surface area contributed by atoms with Gasteiger partial charge in [0.05, 0.1) is 11.2 Å². The highest BCUT2D eigenvalue weighted by Crippen LogP contribution is 2.23. The van der Waals surface area contributed by atoms with Crippen LogP contribution in [0.1, 0.15) is 10.5 Å². The molecule has 1 N–H and O–H groups in total. The van der Waals surface area contributed by atoms with Gasteiger partial charge in [-0.1, -0.05) is 11.6 Å². The van der Waals surface area contributed by atoms with Crippen molar-refractivity contribution < 1.29 is 4.79 Å². The summed E-state index contributed by atoms with van der Waals surface area (Å²) in [7, 11) is 1.67. The Balaban J connectivity index is 1.64. The van der Waals surface area contributed by atoms with Crippen LogP contribution >= 0.6 is 22.9 Å². The molecule has 0 saturated heterocycles. The average Bonchev–Trinajstić information content (AvgIpc) is 3.26. The second kappa shape index (κ2) is 5.73. The summed E-state index contributed by atoms with van der Waals surface area (Å²) >= 11 is 7.52. The van der Waals surface area contributed by atoms with Crippen LogP contribution in [-0.2, 0) is 7.05 Å². The molecule has 4 rings (SSSR count). The third kappa shape index (κ3) is 2.55. The molecular formula is C15H11ClN6OS. The highest BCUT2D eigenvalue weighted by molar-refractivity contribution is 7.13. The number of rotatable bonds is 3. The predicted molar refractivity (Wildman–Crippen MR) is 92.5 cm³/mol. The zero-order valence-electron chi connectivity index (χ0n) is 12.5. The number of imidazole rings is 1. The fraction of sp³-hybridized carbons (Fsp3) is 0.0667. The number of fused-ring (bicyclic) bond motifs is 1. The Labute approximate surface area is 145 Å². The normalized spacial score (nSPS) is 11.1. The summed E-state index contributed by atoms with van der Waals surface area (Å²) in [5, 5.41) is 9.84. The highest BCUT2D eigenvalue weighted by atomic mass is 35.5. The minimum atomic E-state index is -0.323. The maximum absolute atomic E-state index is 12.4. The Morgan fingerprint density at radius 1 is 1.42 bits per heavy atom. The lowest BCUT2D eigenvalue weighted by Gasteiger charge is -2.06. The zero-order chi connectivity index (χ0) is 16.7. The molecule has 4 aromatic rings. The number of thiazole rings is 1. The van der Waals surface area contributed by atoms with Crippen LogP contribution in [0.4, 0.5) is 5.69 Å². The zero-order valence-corrected chi connectivity index (χ0v) is 14.0. The fourth-order valence-corrected chi connectivity index (χ4v) is 3.21. The van der Waals surface area contributed by atoms with Crippen molar-refractivity contribution in [2.24, 2.45) is 7.05 Å². The molecule has 7 nitrogen and oxygen atoms in total. The largest absolute Gasteiger partial charge is 0.320 e. The van der Waals surface area contributed by atoms with Gasteiger partial charge in [-0.2, -0.15) is 5.10 Å². The van der Waals surface area contributed by atoms with Crippen LogP contribution in [0.3, 0.4) is 0 Å². The molecule has 120 valence electrons. The van der Waals surface area contributed by atoms with Gasteiger partial charge < -0.3 is 9.72 Å². The van der Waals surface area contributed by atoms with Crippen molar-refractivity contribution in [2.45, 2.75) is 0 Å². The Kier molecular flexibility index (Phi) is 3.55. The molecule has 0 spiro atoms.